The first-order valence-electron chi connectivity index (χ1n) is 5.67. The molecule has 1 N–H and O–H groups in total. The van der Waals surface area contributed by atoms with Gasteiger partial charge < -0.3 is 10.0 Å². The molecule has 1 saturated heterocycles. The Kier molecular flexibility index (Phi) is 3.11. The van der Waals surface area contributed by atoms with E-state index in [1.807, 2.05) is 6.92 Å². The van der Waals surface area contributed by atoms with Crippen LogP contribution in [0.2, 0.25) is 0 Å². The van der Waals surface area contributed by atoms with Crippen molar-refractivity contribution in [2.75, 3.05) is 13.1 Å². The highest BCUT2D eigenvalue weighted by Crippen LogP contribution is 2.26. The number of likely N-dealkylation sites (tertiary alicyclic amines) is 1. The van der Waals surface area contributed by atoms with Crippen LogP contribution in [-0.2, 0) is 0 Å². The normalized spacial score (nSPS) is 17.7. The van der Waals surface area contributed by atoms with Crippen LogP contribution in [0.4, 0.5) is 4.39 Å². The van der Waals surface area contributed by atoms with E-state index < -0.39 is 11.4 Å². The fourth-order valence-corrected chi connectivity index (χ4v) is 2.10. The van der Waals surface area contributed by atoms with Gasteiger partial charge in [0.25, 0.3) is 5.91 Å². The first kappa shape index (κ1) is 12.0. The Balaban J connectivity index is 1.97. The topological polar surface area (TPSA) is 53.4 Å². The number of hydrogen-bond acceptors (Lipinski definition) is 3. The molecule has 1 fully saturated rings. The number of pyridine rings is 1. The van der Waals surface area contributed by atoms with E-state index in [2.05, 4.69) is 4.98 Å². The van der Waals surface area contributed by atoms with Gasteiger partial charge in [-0.2, -0.15) is 0 Å². The summed E-state index contributed by atoms with van der Waals surface area (Å²) in [5, 5.41) is 9.95. The van der Waals surface area contributed by atoms with Crippen LogP contribution in [0.15, 0.2) is 18.3 Å². The fraction of sp³-hybridized carbons (Fsp3) is 0.500. The quantitative estimate of drug-likeness (QED) is 0.861. The molecule has 1 aliphatic heterocycles. The highest BCUT2D eigenvalue weighted by Gasteiger charge is 2.43. The summed E-state index contributed by atoms with van der Waals surface area (Å²) < 4.78 is 12.6. The highest BCUT2D eigenvalue weighted by molar-refractivity contribution is 5.93. The van der Waals surface area contributed by atoms with Crippen molar-refractivity contribution >= 4 is 5.91 Å². The fourth-order valence-electron chi connectivity index (χ4n) is 2.10. The molecular formula is C12H15FN2O2. The number of rotatable bonds is 3. The van der Waals surface area contributed by atoms with Gasteiger partial charge in [-0.25, -0.2) is 9.37 Å². The van der Waals surface area contributed by atoms with E-state index in [9.17, 15) is 14.3 Å². The molecule has 2 rings (SSSR count). The second-order valence-corrected chi connectivity index (χ2v) is 4.50. The first-order chi connectivity index (χ1) is 8.04. The van der Waals surface area contributed by atoms with Crippen molar-refractivity contribution in [2.24, 2.45) is 0 Å². The molecule has 1 amide bonds. The maximum absolute atomic E-state index is 12.6. The number of nitrogens with zero attached hydrogens (tertiary/aromatic N) is 2. The third-order valence-electron chi connectivity index (χ3n) is 2.92. The van der Waals surface area contributed by atoms with Crippen molar-refractivity contribution in [1.82, 2.24) is 9.88 Å². The molecule has 1 aliphatic rings. The number of amides is 1. The Bertz CT molecular complexity index is 413. The zero-order valence-corrected chi connectivity index (χ0v) is 9.69. The zero-order chi connectivity index (χ0) is 12.5. The van der Waals surface area contributed by atoms with E-state index in [1.165, 1.54) is 17.0 Å². The second-order valence-electron chi connectivity index (χ2n) is 4.50. The van der Waals surface area contributed by atoms with Crippen LogP contribution in [-0.4, -0.2) is 39.6 Å². The van der Waals surface area contributed by atoms with E-state index in [0.29, 0.717) is 19.5 Å². The molecule has 0 aliphatic carbocycles. The molecule has 0 aromatic carbocycles. The van der Waals surface area contributed by atoms with Gasteiger partial charge in [0.2, 0.25) is 0 Å². The molecule has 92 valence electrons. The van der Waals surface area contributed by atoms with Gasteiger partial charge in [0.1, 0.15) is 11.5 Å². The lowest BCUT2D eigenvalue weighted by molar-refractivity contribution is -0.0861. The Hall–Kier alpha value is -1.49. The van der Waals surface area contributed by atoms with Gasteiger partial charge in [0.05, 0.1) is 24.9 Å². The minimum absolute atomic E-state index is 0.213. The molecule has 5 heteroatoms. The van der Waals surface area contributed by atoms with Crippen LogP contribution < -0.4 is 0 Å². The highest BCUT2D eigenvalue weighted by atomic mass is 19.1. The minimum atomic E-state index is -0.746. The molecule has 4 nitrogen and oxygen atoms in total. The summed E-state index contributed by atoms with van der Waals surface area (Å²) in [5.74, 6) is -0.724. The van der Waals surface area contributed by atoms with Crippen LogP contribution in [0, 0.1) is 5.82 Å². The maximum Gasteiger partial charge on any atom is 0.272 e. The molecule has 0 spiro atoms. The molecule has 1 aromatic heterocycles. The summed E-state index contributed by atoms with van der Waals surface area (Å²) in [4.78, 5) is 17.1. The van der Waals surface area contributed by atoms with Gasteiger partial charge in [-0.15, -0.1) is 0 Å². The second kappa shape index (κ2) is 4.41. The van der Waals surface area contributed by atoms with E-state index in [-0.39, 0.29) is 11.6 Å². The third-order valence-corrected chi connectivity index (χ3v) is 2.92. The van der Waals surface area contributed by atoms with Crippen LogP contribution >= 0.6 is 0 Å². The number of aliphatic hydroxyl groups is 1. The van der Waals surface area contributed by atoms with Gasteiger partial charge >= 0.3 is 0 Å². The SMILES string of the molecule is CCCC1(O)CN(C(=O)c2ccc(F)cn2)C1. The van der Waals surface area contributed by atoms with Crippen LogP contribution in [0.25, 0.3) is 0 Å². The number of carbonyl (C=O) groups is 1. The summed E-state index contributed by atoms with van der Waals surface area (Å²) in [6.45, 7) is 2.65. The van der Waals surface area contributed by atoms with Crippen molar-refractivity contribution in [3.63, 3.8) is 0 Å². The molecule has 17 heavy (non-hydrogen) atoms. The molecule has 0 saturated carbocycles. The van der Waals surface area contributed by atoms with Crippen molar-refractivity contribution in [3.05, 3.63) is 29.8 Å². The van der Waals surface area contributed by atoms with E-state index in [4.69, 9.17) is 0 Å². The predicted molar refractivity (Wildman–Crippen MR) is 60.0 cm³/mol. The van der Waals surface area contributed by atoms with E-state index >= 15 is 0 Å². The average molecular weight is 238 g/mol. The zero-order valence-electron chi connectivity index (χ0n) is 9.69. The smallest absolute Gasteiger partial charge is 0.272 e. The standard InChI is InChI=1S/C12H15FN2O2/c1-2-5-12(17)7-15(8-12)11(16)10-4-3-9(13)6-14-10/h3-4,6,17H,2,5,7-8H2,1H3. The molecule has 0 unspecified atom stereocenters. The number of carbonyl (C=O) groups excluding carboxylic acids is 1. The first-order valence-corrected chi connectivity index (χ1v) is 5.67. The molecular weight excluding hydrogens is 223 g/mol. The number of β-amino-alcohol motifs (C(OH)–C–C–N with tert-alkyl or cyclic N) is 1. The van der Waals surface area contributed by atoms with Crippen LogP contribution in [0.3, 0.4) is 0 Å². The Morgan fingerprint density at radius 2 is 2.29 bits per heavy atom. The summed E-state index contributed by atoms with van der Waals surface area (Å²) in [7, 11) is 0. The third kappa shape index (κ3) is 2.44. The lowest BCUT2D eigenvalue weighted by Crippen LogP contribution is -2.63. The van der Waals surface area contributed by atoms with Crippen molar-refractivity contribution in [3.8, 4) is 0 Å². The minimum Gasteiger partial charge on any atom is -0.386 e. The summed E-state index contributed by atoms with van der Waals surface area (Å²) in [6, 6.07) is 2.56. The maximum atomic E-state index is 12.6. The molecule has 0 radical (unpaired) electrons. The van der Waals surface area contributed by atoms with Crippen molar-refractivity contribution < 1.29 is 14.3 Å². The largest absolute Gasteiger partial charge is 0.386 e. The summed E-state index contributed by atoms with van der Waals surface area (Å²) in [6.07, 6.45) is 2.59. The molecule has 0 bridgehead atoms. The van der Waals surface area contributed by atoms with Gasteiger partial charge in [0, 0.05) is 0 Å². The van der Waals surface area contributed by atoms with Gasteiger partial charge in [-0.3, -0.25) is 4.79 Å². The number of hydrogen-bond donors (Lipinski definition) is 1. The average Bonchev–Trinajstić information content (AvgIpc) is 2.26. The Labute approximate surface area is 99.1 Å². The van der Waals surface area contributed by atoms with Gasteiger partial charge in [-0.05, 0) is 18.6 Å². The lowest BCUT2D eigenvalue weighted by atomic mass is 9.89. The Morgan fingerprint density at radius 3 is 2.82 bits per heavy atom. The van der Waals surface area contributed by atoms with Gasteiger partial charge in [-0.1, -0.05) is 13.3 Å². The monoisotopic (exact) mass is 238 g/mol. The summed E-state index contributed by atoms with van der Waals surface area (Å²) in [5.41, 5.74) is -0.533. The number of aromatic nitrogens is 1. The van der Waals surface area contributed by atoms with Crippen LogP contribution in [0.5, 0.6) is 0 Å². The lowest BCUT2D eigenvalue weighted by Gasteiger charge is -2.46. The van der Waals surface area contributed by atoms with Gasteiger partial charge in [0.15, 0.2) is 0 Å². The molecule has 2 heterocycles. The van der Waals surface area contributed by atoms with E-state index in [1.54, 1.807) is 0 Å². The van der Waals surface area contributed by atoms with E-state index in [0.717, 1.165) is 12.6 Å². The Morgan fingerprint density at radius 1 is 1.59 bits per heavy atom. The van der Waals surface area contributed by atoms with Crippen molar-refractivity contribution in [2.45, 2.75) is 25.4 Å². The van der Waals surface area contributed by atoms with Crippen LogP contribution in [0.1, 0.15) is 30.3 Å². The predicted octanol–water partition coefficient (Wildman–Crippen LogP) is 1.21. The number of halogens is 1. The summed E-state index contributed by atoms with van der Waals surface area (Å²) >= 11 is 0. The molecule has 1 aromatic rings. The van der Waals surface area contributed by atoms with Crippen molar-refractivity contribution in [1.29, 1.82) is 0 Å². The molecule has 0 atom stereocenters.